The van der Waals surface area contributed by atoms with Gasteiger partial charge in [-0.15, -0.1) is 0 Å². The third kappa shape index (κ3) is 6.91. The van der Waals surface area contributed by atoms with Crippen LogP contribution < -0.4 is 4.90 Å². The number of benzene rings is 4. The molecule has 5 aromatic rings. The molecule has 0 amide bonds. The molecule has 1 aromatic heterocycles. The summed E-state index contributed by atoms with van der Waals surface area (Å²) >= 11 is 3.79. The molecule has 2 heterocycles. The smallest absolute Gasteiger partial charge is 0.132 e. The van der Waals surface area contributed by atoms with E-state index >= 15 is 0 Å². The third-order valence-corrected chi connectivity index (χ3v) is 9.53. The van der Waals surface area contributed by atoms with Crippen LogP contribution in [0.2, 0.25) is 0 Å². The van der Waals surface area contributed by atoms with Crippen molar-refractivity contribution in [2.75, 3.05) is 38.6 Å². The first-order chi connectivity index (χ1) is 21.4. The predicted molar refractivity (Wildman–Crippen MR) is 186 cm³/mol. The van der Waals surface area contributed by atoms with E-state index in [2.05, 4.69) is 119 Å². The van der Waals surface area contributed by atoms with Crippen molar-refractivity contribution in [2.45, 2.75) is 37.7 Å². The van der Waals surface area contributed by atoms with Crippen LogP contribution in [-0.4, -0.2) is 48.7 Å². The molecule has 1 aliphatic rings. The minimum atomic E-state index is -1.19. The van der Waals surface area contributed by atoms with Gasteiger partial charge in [0.05, 0.1) is 5.52 Å². The van der Waals surface area contributed by atoms with Crippen molar-refractivity contribution in [3.8, 4) is 0 Å². The molecule has 1 N–H and O–H groups in total. The fourth-order valence-corrected chi connectivity index (χ4v) is 7.13. The number of hydrogen-bond donors (Lipinski definition) is 1. The number of pyridine rings is 1. The van der Waals surface area contributed by atoms with Gasteiger partial charge in [-0.05, 0) is 86.1 Å². The second-order valence-electron chi connectivity index (χ2n) is 12.6. The van der Waals surface area contributed by atoms with E-state index in [0.29, 0.717) is 12.3 Å². The minimum absolute atomic E-state index is 0.559. The molecule has 4 aromatic carbocycles. The molecule has 0 bridgehead atoms. The SMILES string of the molecule is CN(C)CCC(O)(c1ccccc1)c1cc(Br)cc2cc(Cc3ccccc3)c(N3CCC(Cc4ccccc4)CC3)nc12. The molecule has 1 saturated heterocycles. The Morgan fingerprint density at radius 2 is 1.45 bits per heavy atom. The summed E-state index contributed by atoms with van der Waals surface area (Å²) in [7, 11) is 4.11. The van der Waals surface area contributed by atoms with Gasteiger partial charge in [-0.2, -0.15) is 0 Å². The Hall–Kier alpha value is -3.51. The van der Waals surface area contributed by atoms with Gasteiger partial charge in [0.2, 0.25) is 0 Å². The first kappa shape index (κ1) is 30.5. The van der Waals surface area contributed by atoms with Crippen LogP contribution in [0.4, 0.5) is 5.82 Å². The number of rotatable bonds is 10. The van der Waals surface area contributed by atoms with E-state index in [1.165, 1.54) is 16.7 Å². The number of aromatic nitrogens is 1. The van der Waals surface area contributed by atoms with Crippen LogP contribution in [0.15, 0.2) is 114 Å². The lowest BCUT2D eigenvalue weighted by Gasteiger charge is -2.35. The molecular weight excluding hydrogens is 606 g/mol. The molecule has 6 rings (SSSR count). The topological polar surface area (TPSA) is 39.6 Å². The first-order valence-electron chi connectivity index (χ1n) is 15.8. The number of aliphatic hydroxyl groups is 1. The van der Waals surface area contributed by atoms with Gasteiger partial charge in [0.25, 0.3) is 0 Å². The maximum atomic E-state index is 12.6. The van der Waals surface area contributed by atoms with Crippen LogP contribution >= 0.6 is 15.9 Å². The molecular formula is C39H42BrN3O. The standard InChI is InChI=1S/C39H42BrN3O/c1-42(2)23-20-39(44,34-16-10-5-11-17-34)36-28-35(40)27-32-26-33(25-30-14-8-4-9-15-30)38(41-37(32)36)43-21-18-31(19-22-43)24-29-12-6-3-7-13-29/h3-17,26-28,31,44H,18-25H2,1-2H3. The van der Waals surface area contributed by atoms with E-state index < -0.39 is 5.60 Å². The molecule has 44 heavy (non-hydrogen) atoms. The monoisotopic (exact) mass is 647 g/mol. The van der Waals surface area contributed by atoms with Gasteiger partial charge < -0.3 is 14.9 Å². The third-order valence-electron chi connectivity index (χ3n) is 9.08. The number of halogens is 1. The number of hydrogen-bond acceptors (Lipinski definition) is 4. The zero-order valence-electron chi connectivity index (χ0n) is 25.8. The summed E-state index contributed by atoms with van der Waals surface area (Å²) < 4.78 is 0.946. The highest BCUT2D eigenvalue weighted by Crippen LogP contribution is 2.40. The predicted octanol–water partition coefficient (Wildman–Crippen LogP) is 8.23. The van der Waals surface area contributed by atoms with Crippen molar-refractivity contribution < 1.29 is 5.11 Å². The van der Waals surface area contributed by atoms with E-state index in [1.54, 1.807) is 0 Å². The fraction of sp³-hybridized carbons (Fsp3) is 0.308. The summed E-state index contributed by atoms with van der Waals surface area (Å²) in [6.45, 7) is 2.70. The van der Waals surface area contributed by atoms with E-state index in [4.69, 9.17) is 4.98 Å². The molecule has 0 saturated carbocycles. The van der Waals surface area contributed by atoms with E-state index in [-0.39, 0.29) is 0 Å². The average molecular weight is 649 g/mol. The first-order valence-corrected chi connectivity index (χ1v) is 16.6. The molecule has 4 nitrogen and oxygen atoms in total. The number of piperidine rings is 1. The maximum Gasteiger partial charge on any atom is 0.132 e. The molecule has 0 spiro atoms. The Labute approximate surface area is 270 Å². The molecule has 1 unspecified atom stereocenters. The summed E-state index contributed by atoms with van der Waals surface area (Å²) in [6, 6.07) is 38.2. The van der Waals surface area contributed by atoms with Gasteiger partial charge in [-0.1, -0.05) is 107 Å². The Morgan fingerprint density at radius 1 is 0.841 bits per heavy atom. The van der Waals surface area contributed by atoms with E-state index in [9.17, 15) is 5.11 Å². The van der Waals surface area contributed by atoms with Crippen LogP contribution in [0.25, 0.3) is 10.9 Å². The summed E-state index contributed by atoms with van der Waals surface area (Å²) in [5, 5.41) is 13.6. The van der Waals surface area contributed by atoms with Crippen molar-refractivity contribution >= 4 is 32.7 Å². The van der Waals surface area contributed by atoms with Gasteiger partial charge in [-0.25, -0.2) is 4.98 Å². The highest BCUT2D eigenvalue weighted by Gasteiger charge is 2.35. The number of nitrogens with zero attached hydrogens (tertiary/aromatic N) is 3. The van der Waals surface area contributed by atoms with Crippen LogP contribution in [0.5, 0.6) is 0 Å². The van der Waals surface area contributed by atoms with Crippen LogP contribution in [0.1, 0.15) is 47.1 Å². The molecule has 5 heteroatoms. The fourth-order valence-electron chi connectivity index (χ4n) is 6.65. The summed E-state index contributed by atoms with van der Waals surface area (Å²) in [4.78, 5) is 10.1. The van der Waals surface area contributed by atoms with E-state index in [0.717, 1.165) is 77.6 Å². The maximum absolute atomic E-state index is 12.6. The second kappa shape index (κ2) is 13.6. The average Bonchev–Trinajstić information content (AvgIpc) is 3.05. The van der Waals surface area contributed by atoms with Crippen molar-refractivity contribution in [2.24, 2.45) is 5.92 Å². The van der Waals surface area contributed by atoms with E-state index in [1.807, 2.05) is 30.3 Å². The van der Waals surface area contributed by atoms with Crippen LogP contribution in [0, 0.1) is 5.92 Å². The zero-order valence-corrected chi connectivity index (χ0v) is 27.4. The van der Waals surface area contributed by atoms with Crippen molar-refractivity contribution in [3.63, 3.8) is 0 Å². The highest BCUT2D eigenvalue weighted by molar-refractivity contribution is 9.10. The van der Waals surface area contributed by atoms with Crippen molar-refractivity contribution in [3.05, 3.63) is 141 Å². The summed E-state index contributed by atoms with van der Waals surface area (Å²) in [6.07, 6.45) is 4.79. The van der Waals surface area contributed by atoms with Gasteiger partial charge in [0, 0.05) is 41.5 Å². The van der Waals surface area contributed by atoms with Gasteiger partial charge >= 0.3 is 0 Å². The minimum Gasteiger partial charge on any atom is -0.380 e. The molecule has 1 atom stereocenters. The summed E-state index contributed by atoms with van der Waals surface area (Å²) in [5.41, 5.74) is 5.34. The molecule has 1 fully saturated rings. The Balaban J connectivity index is 1.43. The highest BCUT2D eigenvalue weighted by atomic mass is 79.9. The molecule has 226 valence electrons. The normalized spacial score (nSPS) is 15.5. The van der Waals surface area contributed by atoms with Crippen LogP contribution in [-0.2, 0) is 18.4 Å². The van der Waals surface area contributed by atoms with Crippen LogP contribution in [0.3, 0.4) is 0 Å². The molecule has 0 aliphatic carbocycles. The van der Waals surface area contributed by atoms with Crippen molar-refractivity contribution in [1.29, 1.82) is 0 Å². The number of fused-ring (bicyclic) bond motifs is 1. The summed E-state index contributed by atoms with van der Waals surface area (Å²) in [5.74, 6) is 1.72. The second-order valence-corrected chi connectivity index (χ2v) is 13.5. The molecule has 1 aliphatic heterocycles. The number of anilines is 1. The Kier molecular flexibility index (Phi) is 9.46. The Bertz CT molecular complexity index is 1670. The Morgan fingerprint density at radius 3 is 2.09 bits per heavy atom. The van der Waals surface area contributed by atoms with Crippen molar-refractivity contribution in [1.82, 2.24) is 9.88 Å². The van der Waals surface area contributed by atoms with Gasteiger partial charge in [0.15, 0.2) is 0 Å². The quantitative estimate of drug-likeness (QED) is 0.166. The van der Waals surface area contributed by atoms with Gasteiger partial charge in [-0.3, -0.25) is 0 Å². The lowest BCUT2D eigenvalue weighted by atomic mass is 9.82. The lowest BCUT2D eigenvalue weighted by Crippen LogP contribution is -2.36. The largest absolute Gasteiger partial charge is 0.380 e. The van der Waals surface area contributed by atoms with Gasteiger partial charge in [0.1, 0.15) is 11.4 Å². The lowest BCUT2D eigenvalue weighted by molar-refractivity contribution is 0.0641. The molecule has 0 radical (unpaired) electrons. The zero-order chi connectivity index (χ0) is 30.5.